The number of H-pyrrole nitrogens is 1. The first kappa shape index (κ1) is 15.3. The Hall–Kier alpha value is -2.14. The van der Waals surface area contributed by atoms with Crippen LogP contribution < -0.4 is 5.43 Å². The summed E-state index contributed by atoms with van der Waals surface area (Å²) in [6.07, 6.45) is 1.53. The topological polar surface area (TPSA) is 70.1 Å². The largest absolute Gasteiger partial charge is 0.291 e. The molecule has 1 amide bonds. The first-order chi connectivity index (χ1) is 9.86. The maximum atomic E-state index is 11.9. The van der Waals surface area contributed by atoms with Crippen molar-refractivity contribution < 1.29 is 4.79 Å². The van der Waals surface area contributed by atoms with Gasteiger partial charge in [0.25, 0.3) is 5.91 Å². The van der Waals surface area contributed by atoms with Crippen molar-refractivity contribution in [2.24, 2.45) is 5.10 Å². The number of nitrogens with one attached hydrogen (secondary N) is 2. The number of aromatic nitrogens is 2. The molecule has 21 heavy (non-hydrogen) atoms. The molecule has 0 saturated carbocycles. The van der Waals surface area contributed by atoms with Crippen LogP contribution in [0.2, 0.25) is 5.02 Å². The second-order valence-corrected chi connectivity index (χ2v) is 6.11. The van der Waals surface area contributed by atoms with Gasteiger partial charge in [-0.3, -0.25) is 9.89 Å². The summed E-state index contributed by atoms with van der Waals surface area (Å²) in [7, 11) is 0. The number of nitrogens with zero attached hydrogens (tertiary/aromatic N) is 2. The first-order valence-corrected chi connectivity index (χ1v) is 6.89. The second-order valence-electron chi connectivity index (χ2n) is 5.67. The third kappa shape index (κ3) is 4.16. The van der Waals surface area contributed by atoms with Crippen molar-refractivity contribution >= 4 is 23.7 Å². The molecule has 0 radical (unpaired) electrons. The maximum absolute atomic E-state index is 11.9. The van der Waals surface area contributed by atoms with Crippen LogP contribution in [0.15, 0.2) is 35.4 Å². The summed E-state index contributed by atoms with van der Waals surface area (Å²) in [5, 5.41) is 11.4. The number of hydrogen-bond donors (Lipinski definition) is 2. The molecule has 0 spiro atoms. The number of carbonyl (C=O) groups is 1. The van der Waals surface area contributed by atoms with E-state index in [1.165, 1.54) is 6.21 Å². The number of hydrazone groups is 1. The van der Waals surface area contributed by atoms with Crippen molar-refractivity contribution in [3.63, 3.8) is 0 Å². The highest BCUT2D eigenvalue weighted by molar-refractivity contribution is 6.30. The Bertz CT molecular complexity index is 670. The fourth-order valence-corrected chi connectivity index (χ4v) is 1.83. The fraction of sp³-hybridized carbons (Fsp3) is 0.267. The van der Waals surface area contributed by atoms with Crippen LogP contribution in [-0.2, 0) is 5.41 Å². The minimum absolute atomic E-state index is 0.0877. The average molecular weight is 305 g/mol. The van der Waals surface area contributed by atoms with Crippen LogP contribution in [-0.4, -0.2) is 22.3 Å². The lowest BCUT2D eigenvalue weighted by atomic mass is 9.92. The van der Waals surface area contributed by atoms with E-state index in [2.05, 4.69) is 20.7 Å². The third-order valence-electron chi connectivity index (χ3n) is 2.85. The number of rotatable bonds is 3. The summed E-state index contributed by atoms with van der Waals surface area (Å²) in [5.41, 5.74) is 4.36. The van der Waals surface area contributed by atoms with Gasteiger partial charge in [0.2, 0.25) is 0 Å². The van der Waals surface area contributed by atoms with Gasteiger partial charge in [0.05, 0.1) is 6.21 Å². The SMILES string of the molecule is CC(C)(C)c1cc(C(=O)N/N=C\c2cccc(Cl)c2)n[nH]1. The quantitative estimate of drug-likeness (QED) is 0.675. The van der Waals surface area contributed by atoms with Gasteiger partial charge in [-0.15, -0.1) is 0 Å². The van der Waals surface area contributed by atoms with Crippen LogP contribution in [0, 0.1) is 0 Å². The summed E-state index contributed by atoms with van der Waals surface area (Å²) in [6.45, 7) is 6.12. The minimum Gasteiger partial charge on any atom is -0.281 e. The summed E-state index contributed by atoms with van der Waals surface area (Å²) in [6, 6.07) is 8.91. The van der Waals surface area contributed by atoms with Gasteiger partial charge in [-0.25, -0.2) is 5.43 Å². The van der Waals surface area contributed by atoms with Crippen molar-refractivity contribution in [3.8, 4) is 0 Å². The Morgan fingerprint density at radius 1 is 1.38 bits per heavy atom. The predicted molar refractivity (Wildman–Crippen MR) is 83.8 cm³/mol. The van der Waals surface area contributed by atoms with Crippen LogP contribution in [0.1, 0.15) is 42.5 Å². The van der Waals surface area contributed by atoms with Crippen LogP contribution in [0.4, 0.5) is 0 Å². The summed E-state index contributed by atoms with van der Waals surface area (Å²) in [4.78, 5) is 11.9. The number of halogens is 1. The molecule has 6 heteroatoms. The van der Waals surface area contributed by atoms with E-state index in [-0.39, 0.29) is 11.3 Å². The predicted octanol–water partition coefficient (Wildman–Crippen LogP) is 3.12. The van der Waals surface area contributed by atoms with Gasteiger partial charge in [0.1, 0.15) is 0 Å². The zero-order valence-corrected chi connectivity index (χ0v) is 12.9. The Morgan fingerprint density at radius 3 is 2.76 bits per heavy atom. The molecule has 2 aromatic rings. The third-order valence-corrected chi connectivity index (χ3v) is 3.08. The number of carbonyl (C=O) groups excluding carboxylic acids is 1. The van der Waals surface area contributed by atoms with E-state index in [4.69, 9.17) is 11.6 Å². The van der Waals surface area contributed by atoms with Crippen LogP contribution >= 0.6 is 11.6 Å². The zero-order valence-electron chi connectivity index (χ0n) is 12.1. The molecule has 0 saturated heterocycles. The molecule has 0 aliphatic rings. The molecule has 2 N–H and O–H groups in total. The second kappa shape index (κ2) is 6.10. The molecule has 1 aromatic heterocycles. The molecule has 110 valence electrons. The van der Waals surface area contributed by atoms with Gasteiger partial charge in [0.15, 0.2) is 5.69 Å². The molecular formula is C15H17ClN4O. The van der Waals surface area contributed by atoms with Gasteiger partial charge in [-0.1, -0.05) is 44.5 Å². The van der Waals surface area contributed by atoms with E-state index in [0.717, 1.165) is 11.3 Å². The number of aromatic amines is 1. The van der Waals surface area contributed by atoms with Gasteiger partial charge >= 0.3 is 0 Å². The smallest absolute Gasteiger partial charge is 0.281 e. The zero-order chi connectivity index (χ0) is 15.5. The fourth-order valence-electron chi connectivity index (χ4n) is 1.63. The summed E-state index contributed by atoms with van der Waals surface area (Å²) < 4.78 is 0. The van der Waals surface area contributed by atoms with Crippen molar-refractivity contribution in [2.45, 2.75) is 26.2 Å². The van der Waals surface area contributed by atoms with Gasteiger partial charge < -0.3 is 0 Å². The van der Waals surface area contributed by atoms with E-state index < -0.39 is 0 Å². The first-order valence-electron chi connectivity index (χ1n) is 6.51. The van der Waals surface area contributed by atoms with Crippen LogP contribution in [0.25, 0.3) is 0 Å². The van der Waals surface area contributed by atoms with Gasteiger partial charge in [-0.05, 0) is 23.8 Å². The highest BCUT2D eigenvalue weighted by atomic mass is 35.5. The van der Waals surface area contributed by atoms with Crippen molar-refractivity contribution in [2.75, 3.05) is 0 Å². The number of benzene rings is 1. The molecule has 5 nitrogen and oxygen atoms in total. The molecule has 0 fully saturated rings. The summed E-state index contributed by atoms with van der Waals surface area (Å²) in [5.74, 6) is -0.361. The molecular weight excluding hydrogens is 288 g/mol. The molecule has 0 aliphatic heterocycles. The minimum atomic E-state index is -0.361. The molecule has 2 rings (SSSR count). The number of amides is 1. The lowest BCUT2D eigenvalue weighted by molar-refractivity contribution is 0.0950. The van der Waals surface area contributed by atoms with E-state index in [9.17, 15) is 4.79 Å². The standard InChI is InChI=1S/C15H17ClN4O/c1-15(2,3)13-8-12(18-19-13)14(21)20-17-9-10-5-4-6-11(16)7-10/h4-9H,1-3H3,(H,18,19)(H,20,21)/b17-9-. The van der Waals surface area contributed by atoms with Crippen molar-refractivity contribution in [1.29, 1.82) is 0 Å². The molecule has 0 unspecified atom stereocenters. The van der Waals surface area contributed by atoms with Crippen LogP contribution in [0.3, 0.4) is 0 Å². The normalized spacial score (nSPS) is 11.8. The highest BCUT2D eigenvalue weighted by Gasteiger charge is 2.18. The van der Waals surface area contributed by atoms with E-state index in [1.54, 1.807) is 18.2 Å². The van der Waals surface area contributed by atoms with E-state index in [0.29, 0.717) is 10.7 Å². The monoisotopic (exact) mass is 304 g/mol. The Labute approximate surface area is 128 Å². The number of hydrogen-bond acceptors (Lipinski definition) is 3. The lowest BCUT2D eigenvalue weighted by Gasteiger charge is -2.14. The Kier molecular flexibility index (Phi) is 4.43. The van der Waals surface area contributed by atoms with Crippen molar-refractivity contribution in [1.82, 2.24) is 15.6 Å². The summed E-state index contributed by atoms with van der Waals surface area (Å²) >= 11 is 5.86. The van der Waals surface area contributed by atoms with Crippen molar-refractivity contribution in [3.05, 3.63) is 52.3 Å². The molecule has 1 aromatic carbocycles. The van der Waals surface area contributed by atoms with Gasteiger partial charge in [0, 0.05) is 16.1 Å². The molecule has 0 atom stereocenters. The highest BCUT2D eigenvalue weighted by Crippen LogP contribution is 2.20. The molecule has 0 aliphatic carbocycles. The molecule has 0 bridgehead atoms. The van der Waals surface area contributed by atoms with E-state index in [1.807, 2.05) is 32.9 Å². The van der Waals surface area contributed by atoms with Crippen LogP contribution in [0.5, 0.6) is 0 Å². The molecule has 1 heterocycles. The Morgan fingerprint density at radius 2 is 2.14 bits per heavy atom. The average Bonchev–Trinajstić information content (AvgIpc) is 2.88. The lowest BCUT2D eigenvalue weighted by Crippen LogP contribution is -2.18. The Balaban J connectivity index is 2.00. The van der Waals surface area contributed by atoms with Gasteiger partial charge in [-0.2, -0.15) is 10.2 Å². The van der Waals surface area contributed by atoms with E-state index >= 15 is 0 Å². The maximum Gasteiger partial charge on any atom is 0.291 e.